The molecule has 0 saturated heterocycles. The van der Waals surface area contributed by atoms with Crippen LogP contribution in [0.2, 0.25) is 0 Å². The molecule has 1 saturated carbocycles. The summed E-state index contributed by atoms with van der Waals surface area (Å²) in [7, 11) is 0. The lowest BCUT2D eigenvalue weighted by Gasteiger charge is -2.40. The number of hydrogen-bond acceptors (Lipinski definition) is 3. The molecule has 90 valence electrons. The number of anilines is 1. The zero-order valence-electron chi connectivity index (χ0n) is 9.78. The highest BCUT2D eigenvalue weighted by Gasteiger charge is 2.39. The Morgan fingerprint density at radius 2 is 2.29 bits per heavy atom. The third-order valence-electron chi connectivity index (χ3n) is 4.02. The lowest BCUT2D eigenvalue weighted by molar-refractivity contribution is 0.224. The van der Waals surface area contributed by atoms with Gasteiger partial charge in [0.1, 0.15) is 0 Å². The Labute approximate surface area is 108 Å². The number of aromatic nitrogens is 3. The molecule has 0 radical (unpaired) electrons. The second-order valence-corrected chi connectivity index (χ2v) is 5.63. The minimum Gasteiger partial charge on any atom is -0.367 e. The normalized spacial score (nSPS) is 18.2. The Morgan fingerprint density at radius 3 is 2.88 bits per heavy atom. The third kappa shape index (κ3) is 1.48. The van der Waals surface area contributed by atoms with Gasteiger partial charge in [0.2, 0.25) is 5.95 Å². The largest absolute Gasteiger partial charge is 0.367 e. The average molecular weight is 295 g/mol. The molecule has 1 aliphatic carbocycles. The van der Waals surface area contributed by atoms with Gasteiger partial charge in [-0.3, -0.25) is 0 Å². The predicted molar refractivity (Wildman–Crippen MR) is 70.9 cm³/mol. The number of nitrogens with two attached hydrogens (primary N) is 1. The summed E-state index contributed by atoms with van der Waals surface area (Å²) < 4.78 is 3.00. The minimum absolute atomic E-state index is 0.287. The number of nitrogen functional groups attached to an aromatic ring is 1. The number of nitrogens with zero attached hydrogens (tertiary/aromatic N) is 3. The first-order valence-corrected chi connectivity index (χ1v) is 6.76. The molecule has 0 aliphatic heterocycles. The van der Waals surface area contributed by atoms with Crippen LogP contribution in [0.15, 0.2) is 16.7 Å². The summed E-state index contributed by atoms with van der Waals surface area (Å²) in [6.07, 6.45) is 6.71. The van der Waals surface area contributed by atoms with Crippen LogP contribution in [-0.4, -0.2) is 14.6 Å². The summed E-state index contributed by atoms with van der Waals surface area (Å²) >= 11 is 3.58. The molecule has 2 aromatic rings. The van der Waals surface area contributed by atoms with E-state index in [1.165, 1.54) is 25.0 Å². The number of fused-ring (bicyclic) bond motifs is 1. The van der Waals surface area contributed by atoms with Crippen molar-refractivity contribution in [3.8, 4) is 0 Å². The van der Waals surface area contributed by atoms with Crippen LogP contribution in [0.5, 0.6) is 0 Å². The zero-order chi connectivity index (χ0) is 12.0. The molecule has 0 unspecified atom stereocenters. The van der Waals surface area contributed by atoms with Crippen molar-refractivity contribution in [3.05, 3.63) is 22.4 Å². The van der Waals surface area contributed by atoms with Crippen molar-refractivity contribution in [2.45, 2.75) is 38.0 Å². The SMILES string of the molecule is CCC1(c2cc(Br)c3cnc(N)nn23)CCC1. The van der Waals surface area contributed by atoms with Crippen molar-refractivity contribution < 1.29 is 0 Å². The first-order valence-electron chi connectivity index (χ1n) is 5.96. The van der Waals surface area contributed by atoms with E-state index in [0.29, 0.717) is 5.95 Å². The van der Waals surface area contributed by atoms with E-state index in [-0.39, 0.29) is 5.41 Å². The van der Waals surface area contributed by atoms with Gasteiger partial charge in [-0.1, -0.05) is 13.3 Å². The van der Waals surface area contributed by atoms with Gasteiger partial charge in [-0.15, -0.1) is 5.10 Å². The summed E-state index contributed by atoms with van der Waals surface area (Å²) in [5.41, 5.74) is 8.24. The monoisotopic (exact) mass is 294 g/mol. The van der Waals surface area contributed by atoms with Crippen molar-refractivity contribution in [1.29, 1.82) is 0 Å². The molecule has 1 aliphatic rings. The molecule has 0 aromatic carbocycles. The predicted octanol–water partition coefficient (Wildman–Crippen LogP) is 2.91. The molecule has 2 heterocycles. The number of rotatable bonds is 2. The smallest absolute Gasteiger partial charge is 0.238 e. The summed E-state index contributed by atoms with van der Waals surface area (Å²) in [6, 6.07) is 2.17. The van der Waals surface area contributed by atoms with Crippen LogP contribution in [0.3, 0.4) is 0 Å². The second kappa shape index (κ2) is 3.70. The van der Waals surface area contributed by atoms with E-state index in [0.717, 1.165) is 16.4 Å². The molecule has 0 spiro atoms. The first-order chi connectivity index (χ1) is 8.16. The first kappa shape index (κ1) is 11.0. The van der Waals surface area contributed by atoms with E-state index >= 15 is 0 Å². The Bertz CT molecular complexity index is 566. The molecule has 0 amide bonds. The molecule has 2 N–H and O–H groups in total. The van der Waals surface area contributed by atoms with E-state index in [2.05, 4.69) is 39.0 Å². The summed E-state index contributed by atoms with van der Waals surface area (Å²) in [5.74, 6) is 0.326. The highest BCUT2D eigenvalue weighted by molar-refractivity contribution is 9.10. The van der Waals surface area contributed by atoms with E-state index in [9.17, 15) is 0 Å². The zero-order valence-corrected chi connectivity index (χ0v) is 11.4. The molecule has 2 aromatic heterocycles. The fourth-order valence-electron chi connectivity index (χ4n) is 2.74. The van der Waals surface area contributed by atoms with Gasteiger partial charge in [0.05, 0.1) is 17.4 Å². The van der Waals surface area contributed by atoms with Crippen LogP contribution in [-0.2, 0) is 5.41 Å². The van der Waals surface area contributed by atoms with Crippen LogP contribution < -0.4 is 5.73 Å². The Balaban J connectivity index is 2.25. The minimum atomic E-state index is 0.287. The van der Waals surface area contributed by atoms with Gasteiger partial charge in [-0.05, 0) is 41.3 Å². The average Bonchev–Trinajstić information content (AvgIpc) is 2.56. The van der Waals surface area contributed by atoms with Gasteiger partial charge in [-0.25, -0.2) is 9.50 Å². The fraction of sp³-hybridized carbons (Fsp3) is 0.500. The molecule has 1 fully saturated rings. The lowest BCUT2D eigenvalue weighted by Crippen LogP contribution is -2.35. The van der Waals surface area contributed by atoms with Gasteiger partial charge in [0.25, 0.3) is 0 Å². The molecule has 0 atom stereocenters. The number of hydrogen-bond donors (Lipinski definition) is 1. The van der Waals surface area contributed by atoms with Gasteiger partial charge < -0.3 is 5.73 Å². The maximum Gasteiger partial charge on any atom is 0.238 e. The Hall–Kier alpha value is -1.10. The molecule has 17 heavy (non-hydrogen) atoms. The van der Waals surface area contributed by atoms with Crippen molar-refractivity contribution in [2.24, 2.45) is 0 Å². The third-order valence-corrected chi connectivity index (χ3v) is 4.65. The molecule has 4 nitrogen and oxygen atoms in total. The standard InChI is InChI=1S/C12H15BrN4/c1-2-12(4-3-5-12)10-6-8(13)9-7-15-11(14)16-17(9)10/h6-7H,2-5H2,1H3,(H2,14,16). The quantitative estimate of drug-likeness (QED) is 0.926. The Kier molecular flexibility index (Phi) is 2.40. The molecular formula is C12H15BrN4. The van der Waals surface area contributed by atoms with E-state index in [1.807, 2.05) is 4.52 Å². The lowest BCUT2D eigenvalue weighted by atomic mass is 9.65. The summed E-state index contributed by atoms with van der Waals surface area (Å²) in [6.45, 7) is 2.25. The molecular weight excluding hydrogens is 280 g/mol. The van der Waals surface area contributed by atoms with Crippen LogP contribution in [0, 0.1) is 0 Å². The second-order valence-electron chi connectivity index (χ2n) is 4.78. The van der Waals surface area contributed by atoms with E-state index < -0.39 is 0 Å². The Morgan fingerprint density at radius 1 is 1.53 bits per heavy atom. The molecule has 3 rings (SSSR count). The van der Waals surface area contributed by atoms with Gasteiger partial charge in [0.15, 0.2) is 0 Å². The maximum absolute atomic E-state index is 5.69. The highest BCUT2D eigenvalue weighted by Crippen LogP contribution is 2.47. The highest BCUT2D eigenvalue weighted by atomic mass is 79.9. The van der Waals surface area contributed by atoms with Crippen molar-refractivity contribution in [1.82, 2.24) is 14.6 Å². The fourth-order valence-corrected chi connectivity index (χ4v) is 3.22. The van der Waals surface area contributed by atoms with Crippen molar-refractivity contribution in [3.63, 3.8) is 0 Å². The van der Waals surface area contributed by atoms with E-state index in [1.54, 1.807) is 6.20 Å². The van der Waals surface area contributed by atoms with Gasteiger partial charge in [0, 0.05) is 9.89 Å². The van der Waals surface area contributed by atoms with Crippen LogP contribution in [0.4, 0.5) is 5.95 Å². The molecule has 0 bridgehead atoms. The van der Waals surface area contributed by atoms with Gasteiger partial charge >= 0.3 is 0 Å². The topological polar surface area (TPSA) is 56.2 Å². The molecule has 5 heteroatoms. The van der Waals surface area contributed by atoms with Crippen LogP contribution in [0.25, 0.3) is 5.52 Å². The summed E-state index contributed by atoms with van der Waals surface area (Å²) in [4.78, 5) is 4.05. The van der Waals surface area contributed by atoms with E-state index in [4.69, 9.17) is 5.73 Å². The summed E-state index contributed by atoms with van der Waals surface area (Å²) in [5, 5.41) is 4.35. The number of halogens is 1. The maximum atomic E-state index is 5.69. The van der Waals surface area contributed by atoms with Crippen LogP contribution in [0.1, 0.15) is 38.3 Å². The van der Waals surface area contributed by atoms with Crippen molar-refractivity contribution >= 4 is 27.4 Å². The van der Waals surface area contributed by atoms with Crippen molar-refractivity contribution in [2.75, 3.05) is 5.73 Å². The van der Waals surface area contributed by atoms with Crippen LogP contribution >= 0.6 is 15.9 Å². The van der Waals surface area contributed by atoms with Gasteiger partial charge in [-0.2, -0.15) is 0 Å².